The zero-order chi connectivity index (χ0) is 16.1. The van der Waals surface area contributed by atoms with Gasteiger partial charge in [0.15, 0.2) is 0 Å². The number of urea groups is 1. The van der Waals surface area contributed by atoms with Crippen molar-refractivity contribution in [3.8, 4) is 5.75 Å². The Labute approximate surface area is 134 Å². The molecule has 1 N–H and O–H groups in total. The van der Waals surface area contributed by atoms with Gasteiger partial charge in [0, 0.05) is 23.7 Å². The number of rotatable bonds is 5. The van der Waals surface area contributed by atoms with Gasteiger partial charge in [-0.2, -0.15) is 0 Å². The van der Waals surface area contributed by atoms with Crippen LogP contribution in [0.15, 0.2) is 29.6 Å². The number of para-hydroxylation sites is 1. The average molecular weight is 319 g/mol. The lowest BCUT2D eigenvalue weighted by Gasteiger charge is -2.26. The summed E-state index contributed by atoms with van der Waals surface area (Å²) in [5, 5.41) is 5.78. The number of carbonyl (C=O) groups is 1. The van der Waals surface area contributed by atoms with E-state index in [4.69, 9.17) is 4.74 Å². The first-order valence-electron chi connectivity index (χ1n) is 7.07. The molecule has 0 fully saturated rings. The van der Waals surface area contributed by atoms with E-state index in [0.717, 1.165) is 22.0 Å². The lowest BCUT2D eigenvalue weighted by atomic mass is 10.1. The zero-order valence-corrected chi connectivity index (χ0v) is 14.1. The Bertz CT molecular complexity index is 642. The van der Waals surface area contributed by atoms with Crippen molar-refractivity contribution in [1.82, 2.24) is 15.2 Å². The monoisotopic (exact) mass is 319 g/mol. The van der Waals surface area contributed by atoms with Crippen molar-refractivity contribution in [2.75, 3.05) is 14.2 Å². The van der Waals surface area contributed by atoms with Crippen LogP contribution in [0.4, 0.5) is 4.79 Å². The second kappa shape index (κ2) is 7.26. The van der Waals surface area contributed by atoms with Gasteiger partial charge >= 0.3 is 6.03 Å². The molecule has 0 bridgehead atoms. The molecule has 0 radical (unpaired) electrons. The molecular weight excluding hydrogens is 298 g/mol. The highest BCUT2D eigenvalue weighted by atomic mass is 32.1. The van der Waals surface area contributed by atoms with E-state index in [-0.39, 0.29) is 12.1 Å². The predicted octanol–water partition coefficient (Wildman–Crippen LogP) is 3.36. The van der Waals surface area contributed by atoms with Crippen LogP contribution in [-0.2, 0) is 6.54 Å². The number of amides is 2. The van der Waals surface area contributed by atoms with Crippen LogP contribution in [-0.4, -0.2) is 30.1 Å². The van der Waals surface area contributed by atoms with Gasteiger partial charge in [0.25, 0.3) is 0 Å². The number of benzene rings is 1. The molecule has 0 saturated carbocycles. The Hall–Kier alpha value is -2.08. The summed E-state index contributed by atoms with van der Waals surface area (Å²) >= 11 is 1.55. The minimum Gasteiger partial charge on any atom is -0.496 e. The number of thiazole rings is 1. The van der Waals surface area contributed by atoms with Crippen LogP contribution in [0, 0.1) is 6.92 Å². The minimum absolute atomic E-state index is 0.0887. The maximum Gasteiger partial charge on any atom is 0.317 e. The highest BCUT2D eigenvalue weighted by Gasteiger charge is 2.20. The maximum atomic E-state index is 12.3. The van der Waals surface area contributed by atoms with Crippen LogP contribution < -0.4 is 10.1 Å². The number of carbonyl (C=O) groups excluding carboxylic acids is 1. The van der Waals surface area contributed by atoms with Gasteiger partial charge < -0.3 is 15.0 Å². The first kappa shape index (κ1) is 16.3. The Morgan fingerprint density at radius 2 is 2.18 bits per heavy atom. The van der Waals surface area contributed by atoms with Crippen molar-refractivity contribution in [2.24, 2.45) is 0 Å². The quantitative estimate of drug-likeness (QED) is 0.919. The number of nitrogens with zero attached hydrogens (tertiary/aromatic N) is 2. The molecule has 1 aromatic heterocycles. The van der Waals surface area contributed by atoms with Gasteiger partial charge in [0.1, 0.15) is 10.8 Å². The molecule has 0 aliphatic carbocycles. The van der Waals surface area contributed by atoms with E-state index in [1.54, 1.807) is 30.4 Å². The van der Waals surface area contributed by atoms with Gasteiger partial charge in [-0.15, -0.1) is 11.3 Å². The average Bonchev–Trinajstić information content (AvgIpc) is 2.96. The summed E-state index contributed by atoms with van der Waals surface area (Å²) in [5.41, 5.74) is 1.96. The Kier molecular flexibility index (Phi) is 5.38. The molecule has 6 heteroatoms. The summed E-state index contributed by atoms with van der Waals surface area (Å²) < 4.78 is 5.36. The van der Waals surface area contributed by atoms with Crippen LogP contribution in [0.1, 0.15) is 29.2 Å². The second-order valence-electron chi connectivity index (χ2n) is 5.07. The van der Waals surface area contributed by atoms with E-state index in [1.165, 1.54) is 0 Å². The highest BCUT2D eigenvalue weighted by molar-refractivity contribution is 7.09. The van der Waals surface area contributed by atoms with Crippen molar-refractivity contribution in [3.63, 3.8) is 0 Å². The molecule has 1 atom stereocenters. The first-order chi connectivity index (χ1) is 10.5. The van der Waals surface area contributed by atoms with Crippen LogP contribution in [0.5, 0.6) is 5.75 Å². The van der Waals surface area contributed by atoms with Gasteiger partial charge in [0.2, 0.25) is 0 Å². The van der Waals surface area contributed by atoms with Gasteiger partial charge in [-0.05, 0) is 19.9 Å². The molecule has 1 heterocycles. The molecule has 2 amide bonds. The van der Waals surface area contributed by atoms with Gasteiger partial charge in [0.05, 0.1) is 19.7 Å². The molecule has 0 aliphatic rings. The normalized spacial score (nSPS) is 11.8. The summed E-state index contributed by atoms with van der Waals surface area (Å²) in [6.45, 7) is 4.36. The number of nitrogens with one attached hydrogen (secondary N) is 1. The molecule has 0 spiro atoms. The standard InChI is InChI=1S/C16H21N3O2S/c1-11-10-22-15(18-11)9-17-16(20)19(3)12(2)13-7-5-6-8-14(13)21-4/h5-8,10,12H,9H2,1-4H3,(H,17,20)/t12-/m1/s1. The molecule has 2 aromatic rings. The highest BCUT2D eigenvalue weighted by Crippen LogP contribution is 2.28. The third kappa shape index (κ3) is 3.76. The fraction of sp³-hybridized carbons (Fsp3) is 0.375. The summed E-state index contributed by atoms with van der Waals surface area (Å²) in [4.78, 5) is 18.3. The summed E-state index contributed by atoms with van der Waals surface area (Å²) in [6.07, 6.45) is 0. The molecule has 5 nitrogen and oxygen atoms in total. The number of hydrogen-bond acceptors (Lipinski definition) is 4. The molecule has 22 heavy (non-hydrogen) atoms. The fourth-order valence-electron chi connectivity index (χ4n) is 2.16. The molecule has 2 rings (SSSR count). The van der Waals surface area contributed by atoms with Crippen molar-refractivity contribution < 1.29 is 9.53 Å². The molecule has 118 valence electrons. The minimum atomic E-state index is -0.133. The van der Waals surface area contributed by atoms with Crippen molar-refractivity contribution in [1.29, 1.82) is 0 Å². The smallest absolute Gasteiger partial charge is 0.317 e. The van der Waals surface area contributed by atoms with E-state index in [0.29, 0.717) is 6.54 Å². The van der Waals surface area contributed by atoms with E-state index < -0.39 is 0 Å². The lowest BCUT2D eigenvalue weighted by Crippen LogP contribution is -2.38. The van der Waals surface area contributed by atoms with Crippen LogP contribution in [0.25, 0.3) is 0 Å². The van der Waals surface area contributed by atoms with Gasteiger partial charge in [-0.1, -0.05) is 18.2 Å². The molecule has 0 saturated heterocycles. The second-order valence-corrected chi connectivity index (χ2v) is 6.01. The molecule has 0 aliphatic heterocycles. The zero-order valence-electron chi connectivity index (χ0n) is 13.3. The molecule has 0 unspecified atom stereocenters. The van der Waals surface area contributed by atoms with Crippen LogP contribution in [0.3, 0.4) is 0 Å². The van der Waals surface area contributed by atoms with Gasteiger partial charge in [-0.3, -0.25) is 0 Å². The van der Waals surface area contributed by atoms with Crippen LogP contribution in [0.2, 0.25) is 0 Å². The number of ether oxygens (including phenoxy) is 1. The van der Waals surface area contributed by atoms with E-state index in [1.807, 2.05) is 43.5 Å². The summed E-state index contributed by atoms with van der Waals surface area (Å²) in [6, 6.07) is 7.51. The van der Waals surface area contributed by atoms with Gasteiger partial charge in [-0.25, -0.2) is 9.78 Å². The van der Waals surface area contributed by atoms with E-state index in [2.05, 4.69) is 10.3 Å². The van der Waals surface area contributed by atoms with Crippen molar-refractivity contribution >= 4 is 17.4 Å². The summed E-state index contributed by atoms with van der Waals surface area (Å²) in [7, 11) is 3.41. The third-order valence-corrected chi connectivity index (χ3v) is 4.51. The number of methoxy groups -OCH3 is 1. The largest absolute Gasteiger partial charge is 0.496 e. The molecular formula is C16H21N3O2S. The Morgan fingerprint density at radius 3 is 2.82 bits per heavy atom. The molecule has 1 aromatic carbocycles. The number of hydrogen-bond donors (Lipinski definition) is 1. The topological polar surface area (TPSA) is 54.5 Å². The van der Waals surface area contributed by atoms with Crippen molar-refractivity contribution in [3.05, 3.63) is 45.9 Å². The lowest BCUT2D eigenvalue weighted by molar-refractivity contribution is 0.193. The van der Waals surface area contributed by atoms with E-state index in [9.17, 15) is 4.79 Å². The Morgan fingerprint density at radius 1 is 1.45 bits per heavy atom. The van der Waals surface area contributed by atoms with Crippen LogP contribution >= 0.6 is 11.3 Å². The Balaban J connectivity index is 2.00. The fourth-order valence-corrected chi connectivity index (χ4v) is 2.87. The maximum absolute atomic E-state index is 12.3. The SMILES string of the molecule is COc1ccccc1[C@@H](C)N(C)C(=O)NCc1nc(C)cs1. The number of aromatic nitrogens is 1. The first-order valence-corrected chi connectivity index (χ1v) is 7.95. The summed E-state index contributed by atoms with van der Waals surface area (Å²) in [5.74, 6) is 0.783. The van der Waals surface area contributed by atoms with E-state index >= 15 is 0 Å². The number of aryl methyl sites for hydroxylation is 1. The predicted molar refractivity (Wildman–Crippen MR) is 88.3 cm³/mol. The third-order valence-electron chi connectivity index (χ3n) is 3.55. The van der Waals surface area contributed by atoms with Crippen molar-refractivity contribution in [2.45, 2.75) is 26.4 Å².